The van der Waals surface area contributed by atoms with Gasteiger partial charge in [-0.1, -0.05) is 36.7 Å². The highest BCUT2D eigenvalue weighted by atomic mass is 32.1. The van der Waals surface area contributed by atoms with E-state index in [1.165, 1.54) is 43.4 Å². The number of rotatable bonds is 5. The van der Waals surface area contributed by atoms with Gasteiger partial charge >= 0.3 is 0 Å². The van der Waals surface area contributed by atoms with Crippen molar-refractivity contribution in [2.45, 2.75) is 51.6 Å². The van der Waals surface area contributed by atoms with Crippen molar-refractivity contribution in [3.63, 3.8) is 0 Å². The molecule has 1 fully saturated rings. The Labute approximate surface area is 140 Å². The Morgan fingerprint density at radius 1 is 1.30 bits per heavy atom. The number of carbonyl (C=O) groups is 1. The third-order valence-electron chi connectivity index (χ3n) is 4.09. The van der Waals surface area contributed by atoms with E-state index in [0.29, 0.717) is 17.5 Å². The van der Waals surface area contributed by atoms with Gasteiger partial charge in [-0.2, -0.15) is 0 Å². The molecule has 0 atom stereocenters. The zero-order valence-corrected chi connectivity index (χ0v) is 14.2. The van der Waals surface area contributed by atoms with Gasteiger partial charge in [-0.25, -0.2) is 4.98 Å². The van der Waals surface area contributed by atoms with Gasteiger partial charge in [0, 0.05) is 12.2 Å². The second-order valence-corrected chi connectivity index (χ2v) is 6.92. The molecule has 1 aliphatic rings. The Bertz CT molecular complexity index is 650. The summed E-state index contributed by atoms with van der Waals surface area (Å²) in [4.78, 5) is 21.7. The summed E-state index contributed by atoms with van der Waals surface area (Å²) in [6.45, 7) is 2.32. The van der Waals surface area contributed by atoms with E-state index in [9.17, 15) is 4.79 Å². The molecule has 1 amide bonds. The van der Waals surface area contributed by atoms with Crippen molar-refractivity contribution in [1.29, 1.82) is 0 Å². The van der Waals surface area contributed by atoms with Gasteiger partial charge in [0.15, 0.2) is 5.13 Å². The number of hydrogen-bond donors (Lipinski definition) is 2. The molecule has 0 aliphatic heterocycles. The van der Waals surface area contributed by atoms with Crippen LogP contribution in [0.5, 0.6) is 0 Å². The van der Waals surface area contributed by atoms with E-state index < -0.39 is 0 Å². The molecule has 2 aromatic rings. The fourth-order valence-corrected chi connectivity index (χ4v) is 3.80. The molecule has 0 bridgehead atoms. The van der Waals surface area contributed by atoms with Crippen LogP contribution >= 0.6 is 11.3 Å². The maximum absolute atomic E-state index is 12.3. The third-order valence-corrected chi connectivity index (χ3v) is 5.18. The minimum absolute atomic E-state index is 0.0812. The summed E-state index contributed by atoms with van der Waals surface area (Å²) in [6.07, 6.45) is 8.00. The first-order valence-electron chi connectivity index (χ1n) is 8.14. The highest BCUT2D eigenvalue weighted by molar-refractivity contribution is 7.17. The van der Waals surface area contributed by atoms with Crippen LogP contribution in [0, 0.1) is 6.92 Å². The Balaban J connectivity index is 1.59. The molecule has 5 nitrogen and oxygen atoms in total. The minimum Gasteiger partial charge on any atom is -0.359 e. The molecular weight excluding hydrogens is 308 g/mol. The van der Waals surface area contributed by atoms with Crippen molar-refractivity contribution in [1.82, 2.24) is 15.3 Å². The predicted octanol–water partition coefficient (Wildman–Crippen LogP) is 3.52. The van der Waals surface area contributed by atoms with E-state index in [1.54, 1.807) is 6.20 Å². The first-order valence-corrected chi connectivity index (χ1v) is 8.96. The minimum atomic E-state index is -0.0812. The molecule has 0 radical (unpaired) electrons. The van der Waals surface area contributed by atoms with E-state index in [0.717, 1.165) is 16.5 Å². The first-order chi connectivity index (χ1) is 11.2. The van der Waals surface area contributed by atoms with Crippen LogP contribution < -0.4 is 10.6 Å². The average molecular weight is 330 g/mol. The second-order valence-electron chi connectivity index (χ2n) is 5.92. The number of anilines is 1. The normalized spacial score (nSPS) is 15.3. The van der Waals surface area contributed by atoms with E-state index in [2.05, 4.69) is 20.6 Å². The second kappa shape index (κ2) is 7.55. The molecule has 6 heteroatoms. The molecule has 2 N–H and O–H groups in total. The van der Waals surface area contributed by atoms with E-state index in [-0.39, 0.29) is 5.91 Å². The molecule has 0 aromatic carbocycles. The number of thiazole rings is 1. The molecule has 1 aliphatic carbocycles. The summed E-state index contributed by atoms with van der Waals surface area (Å²) in [7, 11) is 0. The maximum Gasteiger partial charge on any atom is 0.263 e. The largest absolute Gasteiger partial charge is 0.359 e. The standard InChI is InChI=1S/C17H22N4OS/c1-12-15(16(22)19-11-14-9-5-6-10-18-14)23-17(20-12)21-13-7-3-2-4-8-13/h5-6,9-10,13H,2-4,7-8,11H2,1H3,(H,19,22)(H,20,21). The lowest BCUT2D eigenvalue weighted by atomic mass is 9.96. The SMILES string of the molecule is Cc1nc(NC2CCCCC2)sc1C(=O)NCc1ccccn1. The summed E-state index contributed by atoms with van der Waals surface area (Å²) >= 11 is 1.44. The van der Waals surface area contributed by atoms with Crippen molar-refractivity contribution < 1.29 is 4.79 Å². The number of aryl methyl sites for hydroxylation is 1. The van der Waals surface area contributed by atoms with E-state index in [1.807, 2.05) is 25.1 Å². The lowest BCUT2D eigenvalue weighted by molar-refractivity contribution is 0.0953. The molecule has 2 heterocycles. The smallest absolute Gasteiger partial charge is 0.263 e. The van der Waals surface area contributed by atoms with Gasteiger partial charge in [0.05, 0.1) is 17.9 Å². The van der Waals surface area contributed by atoms with Crippen LogP contribution in [0.3, 0.4) is 0 Å². The van der Waals surface area contributed by atoms with Crippen LogP contribution in [0.4, 0.5) is 5.13 Å². The highest BCUT2D eigenvalue weighted by Gasteiger charge is 2.18. The lowest BCUT2D eigenvalue weighted by Crippen LogP contribution is -2.23. The molecule has 2 aromatic heterocycles. The van der Waals surface area contributed by atoms with E-state index in [4.69, 9.17) is 0 Å². The number of nitrogens with one attached hydrogen (secondary N) is 2. The van der Waals surface area contributed by atoms with Crippen LogP contribution in [0.25, 0.3) is 0 Å². The quantitative estimate of drug-likeness (QED) is 0.880. The van der Waals surface area contributed by atoms with Gasteiger partial charge < -0.3 is 10.6 Å². The summed E-state index contributed by atoms with van der Waals surface area (Å²) in [5.74, 6) is -0.0812. The van der Waals surface area contributed by atoms with Crippen molar-refractivity contribution in [3.05, 3.63) is 40.7 Å². The number of carbonyl (C=O) groups excluding carboxylic acids is 1. The van der Waals surface area contributed by atoms with Crippen molar-refractivity contribution in [2.75, 3.05) is 5.32 Å². The molecular formula is C17H22N4OS. The Kier molecular flexibility index (Phi) is 5.23. The van der Waals surface area contributed by atoms with Crippen LogP contribution in [0.1, 0.15) is 53.2 Å². The van der Waals surface area contributed by atoms with Crippen molar-refractivity contribution in [3.8, 4) is 0 Å². The number of pyridine rings is 1. The highest BCUT2D eigenvalue weighted by Crippen LogP contribution is 2.26. The number of nitrogens with zero attached hydrogens (tertiary/aromatic N) is 2. The van der Waals surface area contributed by atoms with Crippen LogP contribution in [-0.2, 0) is 6.54 Å². The Morgan fingerprint density at radius 3 is 2.87 bits per heavy atom. The third kappa shape index (κ3) is 4.28. The van der Waals surface area contributed by atoms with Gasteiger partial charge in [-0.3, -0.25) is 9.78 Å². The molecule has 122 valence electrons. The zero-order chi connectivity index (χ0) is 16.1. The van der Waals surface area contributed by atoms with Gasteiger partial charge in [0.2, 0.25) is 0 Å². The van der Waals surface area contributed by atoms with Crippen molar-refractivity contribution in [2.24, 2.45) is 0 Å². The molecule has 0 saturated heterocycles. The lowest BCUT2D eigenvalue weighted by Gasteiger charge is -2.22. The molecule has 0 spiro atoms. The maximum atomic E-state index is 12.3. The molecule has 23 heavy (non-hydrogen) atoms. The predicted molar refractivity (Wildman–Crippen MR) is 92.8 cm³/mol. The monoisotopic (exact) mass is 330 g/mol. The number of amides is 1. The van der Waals surface area contributed by atoms with Crippen LogP contribution in [0.2, 0.25) is 0 Å². The van der Waals surface area contributed by atoms with E-state index >= 15 is 0 Å². The van der Waals surface area contributed by atoms with Crippen LogP contribution in [-0.4, -0.2) is 21.9 Å². The van der Waals surface area contributed by atoms with Gasteiger partial charge in [0.25, 0.3) is 5.91 Å². The summed E-state index contributed by atoms with van der Waals surface area (Å²) in [5, 5.41) is 7.26. The van der Waals surface area contributed by atoms with Crippen LogP contribution in [0.15, 0.2) is 24.4 Å². The van der Waals surface area contributed by atoms with Gasteiger partial charge in [-0.05, 0) is 31.9 Å². The van der Waals surface area contributed by atoms with Gasteiger partial charge in [0.1, 0.15) is 4.88 Å². The van der Waals surface area contributed by atoms with Crippen molar-refractivity contribution >= 4 is 22.4 Å². The Morgan fingerprint density at radius 2 is 2.13 bits per heavy atom. The number of aromatic nitrogens is 2. The fourth-order valence-electron chi connectivity index (χ4n) is 2.84. The molecule has 0 unspecified atom stereocenters. The molecule has 1 saturated carbocycles. The topological polar surface area (TPSA) is 66.9 Å². The Hall–Kier alpha value is -1.95. The average Bonchev–Trinajstić information content (AvgIpc) is 2.95. The summed E-state index contributed by atoms with van der Waals surface area (Å²) < 4.78 is 0. The fraction of sp³-hybridized carbons (Fsp3) is 0.471. The zero-order valence-electron chi connectivity index (χ0n) is 13.3. The first kappa shape index (κ1) is 15.9. The summed E-state index contributed by atoms with van der Waals surface area (Å²) in [6, 6.07) is 6.18. The molecule has 3 rings (SSSR count). The van der Waals surface area contributed by atoms with Gasteiger partial charge in [-0.15, -0.1) is 0 Å². The summed E-state index contributed by atoms with van der Waals surface area (Å²) in [5.41, 5.74) is 1.63. The number of hydrogen-bond acceptors (Lipinski definition) is 5.